The molecule has 0 saturated heterocycles. The summed E-state index contributed by atoms with van der Waals surface area (Å²) < 4.78 is 2.02. The Morgan fingerprint density at radius 1 is 1.09 bits per heavy atom. The van der Waals surface area contributed by atoms with Crippen LogP contribution in [0.5, 0.6) is 0 Å². The second kappa shape index (κ2) is 11.1. The Hall–Kier alpha value is -3.21. The first kappa shape index (κ1) is 23.0. The van der Waals surface area contributed by atoms with Crippen molar-refractivity contribution in [3.05, 3.63) is 83.5 Å². The molecule has 0 aliphatic heterocycles. The molecule has 33 heavy (non-hydrogen) atoms. The molecule has 5 nitrogen and oxygen atoms in total. The van der Waals surface area contributed by atoms with E-state index < -0.39 is 5.97 Å². The smallest absolute Gasteiger partial charge is 0.336 e. The van der Waals surface area contributed by atoms with Gasteiger partial charge in [0.05, 0.1) is 12.1 Å². The molecule has 1 fully saturated rings. The lowest BCUT2D eigenvalue weighted by atomic mass is 9.86. The molecule has 1 N–H and O–H groups in total. The minimum absolute atomic E-state index is 0.317. The number of allylic oxidation sites excluding steroid dienone is 2. The highest BCUT2D eigenvalue weighted by atomic mass is 16.4. The Bertz CT molecular complexity index is 1090. The molecule has 1 aliphatic carbocycles. The summed E-state index contributed by atoms with van der Waals surface area (Å²) in [6, 6.07) is 15.2. The van der Waals surface area contributed by atoms with E-state index in [2.05, 4.69) is 24.3 Å². The summed E-state index contributed by atoms with van der Waals surface area (Å²) in [5, 5.41) is 14.3. The van der Waals surface area contributed by atoms with Crippen LogP contribution in [0.4, 0.5) is 0 Å². The summed E-state index contributed by atoms with van der Waals surface area (Å²) in [7, 11) is 0. The lowest BCUT2D eigenvalue weighted by Crippen LogP contribution is -2.08. The molecule has 1 saturated carbocycles. The summed E-state index contributed by atoms with van der Waals surface area (Å²) in [6.07, 6.45) is 13.9. The van der Waals surface area contributed by atoms with E-state index in [9.17, 15) is 9.90 Å². The molecule has 0 atom stereocenters. The number of aryl methyl sites for hydroxylation is 1. The molecular weight excluding hydrogens is 410 g/mol. The molecule has 172 valence electrons. The zero-order valence-electron chi connectivity index (χ0n) is 19.4. The monoisotopic (exact) mass is 443 g/mol. The van der Waals surface area contributed by atoms with Crippen LogP contribution >= 0.6 is 0 Å². The number of benzene rings is 2. The Kier molecular flexibility index (Phi) is 7.71. The standard InChI is InChI=1S/C28H33N3O2/c1-2-3-13-27-29-26(19-16-21-9-5-4-6-10-21)30-31(27)20-22-14-17-23(18-15-22)24-11-7-8-12-25(24)28(32)33/h2-3,7-8,11-12,14-15,17-18,21H,4-6,9-10,13,16,19-20H2,1H3,(H,32,33). The molecular formula is C28H33N3O2. The second-order valence-electron chi connectivity index (χ2n) is 8.97. The summed E-state index contributed by atoms with van der Waals surface area (Å²) in [6.45, 7) is 2.68. The van der Waals surface area contributed by atoms with Gasteiger partial charge in [-0.05, 0) is 42.0 Å². The molecule has 0 radical (unpaired) electrons. The number of hydrogen-bond donors (Lipinski definition) is 1. The Morgan fingerprint density at radius 2 is 1.85 bits per heavy atom. The second-order valence-corrected chi connectivity index (χ2v) is 8.97. The molecule has 5 heteroatoms. The zero-order chi connectivity index (χ0) is 23.0. The highest BCUT2D eigenvalue weighted by Crippen LogP contribution is 2.27. The van der Waals surface area contributed by atoms with Crippen molar-refractivity contribution in [2.24, 2.45) is 5.92 Å². The van der Waals surface area contributed by atoms with E-state index in [-0.39, 0.29) is 0 Å². The van der Waals surface area contributed by atoms with Gasteiger partial charge in [0.25, 0.3) is 0 Å². The first-order valence-corrected chi connectivity index (χ1v) is 12.1. The Labute approximate surface area is 196 Å². The van der Waals surface area contributed by atoms with Gasteiger partial charge in [0, 0.05) is 12.8 Å². The van der Waals surface area contributed by atoms with Crippen molar-refractivity contribution in [2.75, 3.05) is 0 Å². The van der Waals surface area contributed by atoms with E-state index in [0.29, 0.717) is 12.1 Å². The van der Waals surface area contributed by atoms with Gasteiger partial charge in [-0.1, -0.05) is 86.7 Å². The predicted octanol–water partition coefficient (Wildman–Crippen LogP) is 6.32. The third kappa shape index (κ3) is 5.98. The van der Waals surface area contributed by atoms with Gasteiger partial charge < -0.3 is 5.11 Å². The molecule has 1 aliphatic rings. The number of carboxylic acid groups (broad SMARTS) is 1. The first-order valence-electron chi connectivity index (χ1n) is 12.1. The number of aromatic carboxylic acids is 1. The minimum atomic E-state index is -0.910. The highest BCUT2D eigenvalue weighted by molar-refractivity contribution is 5.95. The van der Waals surface area contributed by atoms with Crippen LogP contribution in [0.15, 0.2) is 60.7 Å². The lowest BCUT2D eigenvalue weighted by Gasteiger charge is -2.20. The largest absolute Gasteiger partial charge is 0.478 e. The van der Waals surface area contributed by atoms with E-state index in [4.69, 9.17) is 10.1 Å². The van der Waals surface area contributed by atoms with Crippen LogP contribution in [-0.4, -0.2) is 25.8 Å². The molecule has 1 heterocycles. The number of hydrogen-bond acceptors (Lipinski definition) is 3. The molecule has 1 aromatic heterocycles. The molecule has 3 aromatic rings. The van der Waals surface area contributed by atoms with Crippen molar-refractivity contribution in [3.63, 3.8) is 0 Å². The molecule has 0 amide bonds. The SMILES string of the molecule is CC=CCc1nc(CCC2CCCCC2)nn1Cc1ccc(-c2ccccc2C(=O)O)cc1. The van der Waals surface area contributed by atoms with Crippen molar-refractivity contribution < 1.29 is 9.90 Å². The maximum absolute atomic E-state index is 11.6. The van der Waals surface area contributed by atoms with Gasteiger partial charge in [0.15, 0.2) is 5.82 Å². The normalized spacial score (nSPS) is 14.7. The van der Waals surface area contributed by atoms with Crippen molar-refractivity contribution in [2.45, 2.75) is 64.8 Å². The zero-order valence-corrected chi connectivity index (χ0v) is 19.4. The van der Waals surface area contributed by atoms with Crippen LogP contribution in [0.2, 0.25) is 0 Å². The van der Waals surface area contributed by atoms with Crippen molar-refractivity contribution in [1.82, 2.24) is 14.8 Å². The van der Waals surface area contributed by atoms with Crippen LogP contribution in [0, 0.1) is 5.92 Å². The lowest BCUT2D eigenvalue weighted by molar-refractivity contribution is 0.0697. The van der Waals surface area contributed by atoms with Gasteiger partial charge in [-0.3, -0.25) is 0 Å². The van der Waals surface area contributed by atoms with Gasteiger partial charge in [-0.2, -0.15) is 5.10 Å². The van der Waals surface area contributed by atoms with Crippen LogP contribution < -0.4 is 0 Å². The Morgan fingerprint density at radius 3 is 2.58 bits per heavy atom. The predicted molar refractivity (Wildman–Crippen MR) is 131 cm³/mol. The van der Waals surface area contributed by atoms with E-state index >= 15 is 0 Å². The molecule has 2 aromatic carbocycles. The van der Waals surface area contributed by atoms with E-state index in [1.54, 1.807) is 12.1 Å². The number of carboxylic acids is 1. The maximum atomic E-state index is 11.6. The fourth-order valence-corrected chi connectivity index (χ4v) is 4.73. The van der Waals surface area contributed by atoms with Gasteiger partial charge in [0.1, 0.15) is 5.82 Å². The average molecular weight is 444 g/mol. The summed E-state index contributed by atoms with van der Waals surface area (Å²) >= 11 is 0. The van der Waals surface area contributed by atoms with Crippen LogP contribution in [-0.2, 0) is 19.4 Å². The summed E-state index contributed by atoms with van der Waals surface area (Å²) in [5.74, 6) is 1.86. The van der Waals surface area contributed by atoms with E-state index in [0.717, 1.165) is 47.1 Å². The maximum Gasteiger partial charge on any atom is 0.336 e. The fraction of sp³-hybridized carbons (Fsp3) is 0.393. The van der Waals surface area contributed by atoms with Gasteiger partial charge >= 0.3 is 5.97 Å². The molecule has 0 spiro atoms. The number of rotatable bonds is 9. The Balaban J connectivity index is 1.49. The van der Waals surface area contributed by atoms with Gasteiger partial charge in [0.2, 0.25) is 0 Å². The van der Waals surface area contributed by atoms with Crippen LogP contribution in [0.1, 0.15) is 73.0 Å². The van der Waals surface area contributed by atoms with Crippen LogP contribution in [0.3, 0.4) is 0 Å². The minimum Gasteiger partial charge on any atom is -0.478 e. The third-order valence-electron chi connectivity index (χ3n) is 6.58. The van der Waals surface area contributed by atoms with Gasteiger partial charge in [-0.25, -0.2) is 14.5 Å². The summed E-state index contributed by atoms with van der Waals surface area (Å²) in [4.78, 5) is 16.4. The van der Waals surface area contributed by atoms with Crippen molar-refractivity contribution in [3.8, 4) is 11.1 Å². The van der Waals surface area contributed by atoms with Crippen molar-refractivity contribution in [1.29, 1.82) is 0 Å². The fourth-order valence-electron chi connectivity index (χ4n) is 4.73. The third-order valence-corrected chi connectivity index (χ3v) is 6.58. The topological polar surface area (TPSA) is 68.0 Å². The average Bonchev–Trinajstić information content (AvgIpc) is 3.24. The van der Waals surface area contributed by atoms with E-state index in [1.165, 1.54) is 38.5 Å². The van der Waals surface area contributed by atoms with Crippen LogP contribution in [0.25, 0.3) is 11.1 Å². The molecule has 4 rings (SSSR count). The van der Waals surface area contributed by atoms with E-state index in [1.807, 2.05) is 35.9 Å². The molecule has 0 bridgehead atoms. The number of carbonyl (C=O) groups is 1. The quantitative estimate of drug-likeness (QED) is 0.393. The van der Waals surface area contributed by atoms with Crippen molar-refractivity contribution >= 4 is 5.97 Å². The number of nitrogens with zero attached hydrogens (tertiary/aromatic N) is 3. The van der Waals surface area contributed by atoms with Gasteiger partial charge in [-0.15, -0.1) is 0 Å². The molecule has 0 unspecified atom stereocenters. The number of aromatic nitrogens is 3. The highest BCUT2D eigenvalue weighted by Gasteiger charge is 2.16. The summed E-state index contributed by atoms with van der Waals surface area (Å²) in [5.41, 5.74) is 3.07. The first-order chi connectivity index (χ1) is 16.1.